The number of hydrogen-bond donors (Lipinski definition) is 2. The number of rotatable bonds is 8. The van der Waals surface area contributed by atoms with Crippen molar-refractivity contribution in [1.82, 2.24) is 0 Å². The van der Waals surface area contributed by atoms with E-state index in [1.165, 1.54) is 48.8 Å². The first-order valence-electron chi connectivity index (χ1n) is 11.7. The lowest BCUT2D eigenvalue weighted by Crippen LogP contribution is -2.40. The molecule has 29 heavy (non-hydrogen) atoms. The molecule has 0 unspecified atom stereocenters. The van der Waals surface area contributed by atoms with E-state index in [0.29, 0.717) is 24.7 Å². The van der Waals surface area contributed by atoms with Crippen LogP contribution in [0.25, 0.3) is 0 Å². The van der Waals surface area contributed by atoms with E-state index in [0.717, 1.165) is 45.1 Å². The second kappa shape index (κ2) is 10.9. The van der Waals surface area contributed by atoms with Crippen molar-refractivity contribution >= 4 is 0 Å². The van der Waals surface area contributed by atoms with Crippen LogP contribution in [0.3, 0.4) is 0 Å². The van der Waals surface area contributed by atoms with Crippen molar-refractivity contribution in [2.45, 2.75) is 95.3 Å². The minimum absolute atomic E-state index is 0.0664. The summed E-state index contributed by atoms with van der Waals surface area (Å²) in [6.07, 6.45) is 17.5. The van der Waals surface area contributed by atoms with Crippen LogP contribution in [-0.4, -0.2) is 42.7 Å². The Balaban J connectivity index is 1.43. The highest BCUT2D eigenvalue weighted by atomic mass is 16.5. The van der Waals surface area contributed by atoms with Crippen LogP contribution in [0.2, 0.25) is 0 Å². The Kier molecular flexibility index (Phi) is 8.55. The Bertz CT molecular complexity index is 605. The maximum atomic E-state index is 9.52. The van der Waals surface area contributed by atoms with Crippen LogP contribution in [0.4, 0.5) is 0 Å². The number of ether oxygens (including phenoxy) is 2. The zero-order chi connectivity index (χ0) is 20.7. The normalized spacial score (nSPS) is 34.2. The molecule has 0 aromatic rings. The highest BCUT2D eigenvalue weighted by Gasteiger charge is 2.36. The van der Waals surface area contributed by atoms with E-state index >= 15 is 0 Å². The van der Waals surface area contributed by atoms with Gasteiger partial charge in [0.25, 0.3) is 0 Å². The van der Waals surface area contributed by atoms with E-state index in [1.54, 1.807) is 0 Å². The summed E-state index contributed by atoms with van der Waals surface area (Å²) in [5.41, 5.74) is 9.78. The lowest BCUT2D eigenvalue weighted by molar-refractivity contribution is -0.0347. The van der Waals surface area contributed by atoms with Crippen LogP contribution < -0.4 is 5.73 Å². The van der Waals surface area contributed by atoms with Crippen LogP contribution in [0.15, 0.2) is 35.5 Å². The van der Waals surface area contributed by atoms with Crippen molar-refractivity contribution in [2.24, 2.45) is 11.7 Å². The smallest absolute Gasteiger partial charge is 0.0704 e. The Morgan fingerprint density at radius 1 is 1.10 bits per heavy atom. The predicted octanol–water partition coefficient (Wildman–Crippen LogP) is 4.82. The molecule has 4 heteroatoms. The molecule has 3 aliphatic rings. The van der Waals surface area contributed by atoms with E-state index in [4.69, 9.17) is 15.2 Å². The molecule has 0 aromatic heterocycles. The molecule has 3 fully saturated rings. The summed E-state index contributed by atoms with van der Waals surface area (Å²) >= 11 is 0. The summed E-state index contributed by atoms with van der Waals surface area (Å²) < 4.78 is 12.1. The Labute approximate surface area is 177 Å². The molecule has 0 radical (unpaired) electrons. The lowest BCUT2D eigenvalue weighted by atomic mass is 9.84. The molecule has 0 spiro atoms. The molecule has 164 valence electrons. The first-order chi connectivity index (χ1) is 14.0. The average molecular weight is 404 g/mol. The first-order valence-corrected chi connectivity index (χ1v) is 11.7. The minimum atomic E-state index is -0.416. The van der Waals surface area contributed by atoms with Crippen molar-refractivity contribution in [1.29, 1.82) is 0 Å². The molecule has 0 saturated heterocycles. The third kappa shape index (κ3) is 6.52. The van der Waals surface area contributed by atoms with Crippen LogP contribution in [0, 0.1) is 5.92 Å². The number of aliphatic hydroxyl groups excluding tert-OH is 1. The fraction of sp³-hybridized carbons (Fsp3) is 0.760. The van der Waals surface area contributed by atoms with Crippen molar-refractivity contribution in [3.63, 3.8) is 0 Å². The number of aliphatic hydroxyl groups is 1. The molecular formula is C25H41NO3. The topological polar surface area (TPSA) is 64.7 Å². The van der Waals surface area contributed by atoms with E-state index in [9.17, 15) is 5.11 Å². The summed E-state index contributed by atoms with van der Waals surface area (Å²) in [6, 6.07) is 0. The van der Waals surface area contributed by atoms with Gasteiger partial charge in [0.1, 0.15) is 0 Å². The second-order valence-corrected chi connectivity index (χ2v) is 9.39. The van der Waals surface area contributed by atoms with Crippen molar-refractivity contribution < 1.29 is 14.6 Å². The summed E-state index contributed by atoms with van der Waals surface area (Å²) in [5.74, 6) is 0.392. The predicted molar refractivity (Wildman–Crippen MR) is 119 cm³/mol. The van der Waals surface area contributed by atoms with Crippen LogP contribution in [0.5, 0.6) is 0 Å². The van der Waals surface area contributed by atoms with Gasteiger partial charge in [-0.3, -0.25) is 0 Å². The Morgan fingerprint density at radius 2 is 1.83 bits per heavy atom. The van der Waals surface area contributed by atoms with Gasteiger partial charge in [-0.25, -0.2) is 0 Å². The maximum absolute atomic E-state index is 9.52. The molecule has 0 amide bonds. The molecule has 0 aliphatic heterocycles. The molecule has 0 aromatic carbocycles. The van der Waals surface area contributed by atoms with Gasteiger partial charge >= 0.3 is 0 Å². The highest BCUT2D eigenvalue weighted by molar-refractivity contribution is 5.39. The van der Waals surface area contributed by atoms with Crippen LogP contribution >= 0.6 is 0 Å². The van der Waals surface area contributed by atoms with Crippen molar-refractivity contribution in [3.8, 4) is 0 Å². The Morgan fingerprint density at radius 3 is 2.48 bits per heavy atom. The van der Waals surface area contributed by atoms with E-state index in [1.807, 2.05) is 0 Å². The maximum Gasteiger partial charge on any atom is 0.0704 e. The minimum Gasteiger partial charge on any atom is -0.394 e. The summed E-state index contributed by atoms with van der Waals surface area (Å²) in [5, 5.41) is 9.52. The quantitative estimate of drug-likeness (QED) is 0.570. The standard InChI is InChI=1S/C25H41NO3/c1-3-20-16-24(29-14-13-28-23-7-5-4-6-8-23)10-9-21(20)15-19(2)22-11-12-25(26,17-22)18-27/h3,15,22-24,27H,2,4-14,16-18,26H2,1H3/b20-3-,21-15-/t22-,24+,25+/m0/s1. The molecule has 3 atom stereocenters. The van der Waals surface area contributed by atoms with Gasteiger partial charge < -0.3 is 20.3 Å². The SMILES string of the molecule is C=C(/C=C1/CC[C@@H](OCCOC2CCCCC2)C/C1=C/C)[C@H]1CC[C@](N)(CO)C1. The highest BCUT2D eigenvalue weighted by Crippen LogP contribution is 2.39. The molecule has 0 heterocycles. The summed E-state index contributed by atoms with van der Waals surface area (Å²) in [6.45, 7) is 7.94. The van der Waals surface area contributed by atoms with E-state index in [-0.39, 0.29) is 6.61 Å². The van der Waals surface area contributed by atoms with Gasteiger partial charge in [0, 0.05) is 5.54 Å². The van der Waals surface area contributed by atoms with Crippen molar-refractivity contribution in [3.05, 3.63) is 35.5 Å². The third-order valence-corrected chi connectivity index (χ3v) is 7.13. The van der Waals surface area contributed by atoms with Crippen LogP contribution in [0.1, 0.15) is 77.6 Å². The monoisotopic (exact) mass is 403 g/mol. The zero-order valence-corrected chi connectivity index (χ0v) is 18.3. The first kappa shape index (κ1) is 22.7. The second-order valence-electron chi connectivity index (χ2n) is 9.39. The fourth-order valence-corrected chi connectivity index (χ4v) is 5.19. The molecule has 3 rings (SSSR count). The molecule has 3 N–H and O–H groups in total. The van der Waals surface area contributed by atoms with Gasteiger partial charge in [-0.05, 0) is 75.4 Å². The van der Waals surface area contributed by atoms with Gasteiger partial charge in [-0.1, -0.05) is 43.6 Å². The van der Waals surface area contributed by atoms with Crippen LogP contribution in [-0.2, 0) is 9.47 Å². The zero-order valence-electron chi connectivity index (χ0n) is 18.3. The molecular weight excluding hydrogens is 362 g/mol. The fourth-order valence-electron chi connectivity index (χ4n) is 5.19. The van der Waals surface area contributed by atoms with E-state index < -0.39 is 5.54 Å². The Hall–Kier alpha value is -0.940. The van der Waals surface area contributed by atoms with Gasteiger partial charge in [-0.2, -0.15) is 0 Å². The summed E-state index contributed by atoms with van der Waals surface area (Å²) in [7, 11) is 0. The number of allylic oxidation sites excluding steroid dienone is 4. The lowest BCUT2D eigenvalue weighted by Gasteiger charge is -2.28. The largest absolute Gasteiger partial charge is 0.394 e. The van der Waals surface area contributed by atoms with Gasteiger partial charge in [0.05, 0.1) is 32.0 Å². The number of hydrogen-bond acceptors (Lipinski definition) is 4. The number of nitrogens with two attached hydrogens (primary N) is 1. The molecule has 3 aliphatic carbocycles. The third-order valence-electron chi connectivity index (χ3n) is 7.13. The van der Waals surface area contributed by atoms with Gasteiger partial charge in [-0.15, -0.1) is 0 Å². The van der Waals surface area contributed by atoms with Gasteiger partial charge in [0.2, 0.25) is 0 Å². The van der Waals surface area contributed by atoms with Crippen molar-refractivity contribution in [2.75, 3.05) is 19.8 Å². The van der Waals surface area contributed by atoms with E-state index in [2.05, 4.69) is 25.7 Å². The molecule has 3 saturated carbocycles. The summed E-state index contributed by atoms with van der Waals surface area (Å²) in [4.78, 5) is 0. The average Bonchev–Trinajstić information content (AvgIpc) is 3.16. The van der Waals surface area contributed by atoms with Gasteiger partial charge in [0.15, 0.2) is 0 Å². The molecule has 0 bridgehead atoms. The molecule has 4 nitrogen and oxygen atoms in total.